The smallest absolute Gasteiger partial charge is 0.0426 e. The second-order valence-electron chi connectivity index (χ2n) is 4.95. The van der Waals surface area contributed by atoms with Crippen molar-refractivity contribution in [2.45, 2.75) is 25.8 Å². The summed E-state index contributed by atoms with van der Waals surface area (Å²) < 4.78 is 0. The van der Waals surface area contributed by atoms with Crippen LogP contribution in [-0.4, -0.2) is 6.04 Å². The summed E-state index contributed by atoms with van der Waals surface area (Å²) in [6.07, 6.45) is 7.26. The number of aryl methyl sites for hydroxylation is 1. The van der Waals surface area contributed by atoms with Gasteiger partial charge >= 0.3 is 0 Å². The van der Waals surface area contributed by atoms with Crippen molar-refractivity contribution < 1.29 is 0 Å². The Balaban J connectivity index is 1.75. The molecule has 1 saturated carbocycles. The number of allylic oxidation sites excluding steroid dienone is 1. The standard InChI is InChI=1S/C14H16ClN/c1-9-5-6-11(15)8-13(9)16-14-7-10-3-2-4-12(10)14/h2,4-6,8,10,12,14,16H,3,7H2,1H3. The van der Waals surface area contributed by atoms with E-state index in [1.165, 1.54) is 24.1 Å². The number of rotatable bonds is 2. The molecule has 0 bridgehead atoms. The Morgan fingerprint density at radius 1 is 1.38 bits per heavy atom. The van der Waals surface area contributed by atoms with E-state index in [2.05, 4.69) is 30.5 Å². The van der Waals surface area contributed by atoms with Crippen LogP contribution in [0.3, 0.4) is 0 Å². The van der Waals surface area contributed by atoms with Gasteiger partial charge in [-0.3, -0.25) is 0 Å². The Hall–Kier alpha value is -0.950. The third-order valence-corrected chi connectivity index (χ3v) is 4.14. The molecule has 0 aromatic heterocycles. The molecule has 1 aromatic carbocycles. The summed E-state index contributed by atoms with van der Waals surface area (Å²) in [5.41, 5.74) is 2.46. The highest BCUT2D eigenvalue weighted by molar-refractivity contribution is 6.30. The van der Waals surface area contributed by atoms with Gasteiger partial charge in [-0.05, 0) is 43.4 Å². The summed E-state index contributed by atoms with van der Waals surface area (Å²) in [6, 6.07) is 6.66. The monoisotopic (exact) mass is 233 g/mol. The maximum Gasteiger partial charge on any atom is 0.0426 e. The van der Waals surface area contributed by atoms with Crippen LogP contribution in [0, 0.1) is 18.8 Å². The normalized spacial score (nSPS) is 31.0. The van der Waals surface area contributed by atoms with Gasteiger partial charge in [0, 0.05) is 22.7 Å². The van der Waals surface area contributed by atoms with Gasteiger partial charge in [0.1, 0.15) is 0 Å². The van der Waals surface area contributed by atoms with Crippen LogP contribution < -0.4 is 5.32 Å². The Morgan fingerprint density at radius 3 is 3.06 bits per heavy atom. The molecule has 16 heavy (non-hydrogen) atoms. The summed E-state index contributed by atoms with van der Waals surface area (Å²) in [7, 11) is 0. The highest BCUT2D eigenvalue weighted by atomic mass is 35.5. The Bertz CT molecular complexity index is 438. The highest BCUT2D eigenvalue weighted by Crippen LogP contribution is 2.44. The molecule has 3 atom stereocenters. The molecule has 2 aliphatic carbocycles. The molecule has 1 aromatic rings. The lowest BCUT2D eigenvalue weighted by atomic mass is 9.71. The van der Waals surface area contributed by atoms with Gasteiger partial charge in [-0.1, -0.05) is 29.8 Å². The first-order valence-corrected chi connectivity index (χ1v) is 6.31. The number of nitrogens with one attached hydrogen (secondary N) is 1. The van der Waals surface area contributed by atoms with E-state index in [0.717, 1.165) is 16.9 Å². The van der Waals surface area contributed by atoms with Crippen molar-refractivity contribution in [2.75, 3.05) is 5.32 Å². The minimum Gasteiger partial charge on any atom is -0.381 e. The lowest BCUT2D eigenvalue weighted by Crippen LogP contribution is -2.43. The lowest BCUT2D eigenvalue weighted by molar-refractivity contribution is 0.218. The first-order valence-electron chi connectivity index (χ1n) is 5.93. The van der Waals surface area contributed by atoms with Gasteiger partial charge < -0.3 is 5.32 Å². The molecule has 0 radical (unpaired) electrons. The first kappa shape index (κ1) is 10.2. The van der Waals surface area contributed by atoms with Crippen LogP contribution in [0.25, 0.3) is 0 Å². The average Bonchev–Trinajstić information content (AvgIpc) is 2.61. The zero-order valence-electron chi connectivity index (χ0n) is 9.41. The predicted octanol–water partition coefficient (Wildman–Crippen LogP) is 4.02. The Labute approximate surface area is 102 Å². The van der Waals surface area contributed by atoms with Crippen molar-refractivity contribution in [1.82, 2.24) is 0 Å². The fourth-order valence-corrected chi connectivity index (χ4v) is 3.00. The number of fused-ring (bicyclic) bond motifs is 1. The van der Waals surface area contributed by atoms with Crippen molar-refractivity contribution in [3.05, 3.63) is 40.9 Å². The number of benzene rings is 1. The van der Waals surface area contributed by atoms with Gasteiger partial charge in [-0.2, -0.15) is 0 Å². The molecule has 1 nitrogen and oxygen atoms in total. The first-order chi connectivity index (χ1) is 7.74. The summed E-state index contributed by atoms with van der Waals surface area (Å²) in [5, 5.41) is 4.43. The van der Waals surface area contributed by atoms with Crippen molar-refractivity contribution in [3.8, 4) is 0 Å². The maximum absolute atomic E-state index is 6.02. The second-order valence-corrected chi connectivity index (χ2v) is 5.38. The van der Waals surface area contributed by atoms with E-state index in [-0.39, 0.29) is 0 Å². The molecule has 0 heterocycles. The SMILES string of the molecule is Cc1ccc(Cl)cc1NC1CC2CC=CC21. The van der Waals surface area contributed by atoms with Crippen LogP contribution in [-0.2, 0) is 0 Å². The van der Waals surface area contributed by atoms with Crippen LogP contribution in [0.1, 0.15) is 18.4 Å². The minimum absolute atomic E-state index is 0.612. The molecule has 2 aliphatic rings. The number of halogens is 1. The number of hydrogen-bond acceptors (Lipinski definition) is 1. The maximum atomic E-state index is 6.02. The fourth-order valence-electron chi connectivity index (χ4n) is 2.83. The van der Waals surface area contributed by atoms with Crippen LogP contribution in [0.5, 0.6) is 0 Å². The minimum atomic E-state index is 0.612. The van der Waals surface area contributed by atoms with Gasteiger partial charge in [0.05, 0.1) is 0 Å². The summed E-state index contributed by atoms with van der Waals surface area (Å²) >= 11 is 6.02. The Morgan fingerprint density at radius 2 is 2.25 bits per heavy atom. The quantitative estimate of drug-likeness (QED) is 0.761. The van der Waals surface area contributed by atoms with Crippen molar-refractivity contribution >= 4 is 17.3 Å². The summed E-state index contributed by atoms with van der Waals surface area (Å²) in [6.45, 7) is 2.12. The van der Waals surface area contributed by atoms with Gasteiger partial charge in [-0.25, -0.2) is 0 Å². The fraction of sp³-hybridized carbons (Fsp3) is 0.429. The van der Waals surface area contributed by atoms with Gasteiger partial charge in [0.2, 0.25) is 0 Å². The van der Waals surface area contributed by atoms with Gasteiger partial charge in [-0.15, -0.1) is 0 Å². The molecule has 1 N–H and O–H groups in total. The van der Waals surface area contributed by atoms with Crippen LogP contribution in [0.4, 0.5) is 5.69 Å². The van der Waals surface area contributed by atoms with Crippen LogP contribution in [0.15, 0.2) is 30.4 Å². The van der Waals surface area contributed by atoms with E-state index in [9.17, 15) is 0 Å². The third-order valence-electron chi connectivity index (χ3n) is 3.90. The molecular formula is C14H16ClN. The van der Waals surface area contributed by atoms with Crippen LogP contribution in [0.2, 0.25) is 5.02 Å². The number of hydrogen-bond donors (Lipinski definition) is 1. The van der Waals surface area contributed by atoms with E-state index in [0.29, 0.717) is 6.04 Å². The van der Waals surface area contributed by atoms with Crippen molar-refractivity contribution in [1.29, 1.82) is 0 Å². The van der Waals surface area contributed by atoms with Gasteiger partial charge in [0.15, 0.2) is 0 Å². The van der Waals surface area contributed by atoms with Crippen molar-refractivity contribution in [3.63, 3.8) is 0 Å². The Kier molecular flexibility index (Phi) is 2.44. The predicted molar refractivity (Wildman–Crippen MR) is 69.0 cm³/mol. The highest BCUT2D eigenvalue weighted by Gasteiger charge is 2.40. The van der Waals surface area contributed by atoms with E-state index >= 15 is 0 Å². The summed E-state index contributed by atoms with van der Waals surface area (Å²) in [4.78, 5) is 0. The number of anilines is 1. The summed E-state index contributed by atoms with van der Waals surface area (Å²) in [5.74, 6) is 1.65. The van der Waals surface area contributed by atoms with E-state index in [1.807, 2.05) is 12.1 Å². The zero-order valence-corrected chi connectivity index (χ0v) is 10.2. The van der Waals surface area contributed by atoms with Crippen molar-refractivity contribution in [2.24, 2.45) is 11.8 Å². The molecular weight excluding hydrogens is 218 g/mol. The molecule has 1 fully saturated rings. The molecule has 0 spiro atoms. The topological polar surface area (TPSA) is 12.0 Å². The zero-order chi connectivity index (χ0) is 11.1. The van der Waals surface area contributed by atoms with E-state index in [1.54, 1.807) is 0 Å². The lowest BCUT2D eigenvalue weighted by Gasteiger charge is -2.41. The average molecular weight is 234 g/mol. The molecule has 3 rings (SSSR count). The second kappa shape index (κ2) is 3.81. The molecule has 3 unspecified atom stereocenters. The molecule has 2 heteroatoms. The molecule has 0 amide bonds. The largest absolute Gasteiger partial charge is 0.381 e. The van der Waals surface area contributed by atoms with Crippen LogP contribution >= 0.6 is 11.6 Å². The molecule has 0 saturated heterocycles. The van der Waals surface area contributed by atoms with Gasteiger partial charge in [0.25, 0.3) is 0 Å². The van der Waals surface area contributed by atoms with E-state index < -0.39 is 0 Å². The third kappa shape index (κ3) is 1.63. The van der Waals surface area contributed by atoms with E-state index in [4.69, 9.17) is 11.6 Å². The molecule has 0 aliphatic heterocycles. The molecule has 84 valence electrons.